The summed E-state index contributed by atoms with van der Waals surface area (Å²) < 4.78 is 0. The van der Waals surface area contributed by atoms with Crippen LogP contribution >= 0.6 is 11.6 Å². The maximum atomic E-state index is 10.7. The van der Waals surface area contributed by atoms with Gasteiger partial charge in [0, 0.05) is 12.1 Å². The van der Waals surface area contributed by atoms with E-state index in [-0.39, 0.29) is 22.7 Å². The normalized spacial score (nSPS) is 9.50. The number of halogens is 1. The van der Waals surface area contributed by atoms with Crippen LogP contribution in [0.4, 0.5) is 0 Å². The molecule has 1 aromatic carbocycles. The average molecular weight is 211 g/mol. The van der Waals surface area contributed by atoms with Crippen LogP contribution in [0, 0.1) is 11.3 Å². The second kappa shape index (κ2) is 4.09. The molecule has 0 aliphatic carbocycles. The lowest BCUT2D eigenvalue weighted by atomic mass is 10.0. The van der Waals surface area contributed by atoms with Gasteiger partial charge in [-0.3, -0.25) is 0 Å². The van der Waals surface area contributed by atoms with Gasteiger partial charge in [0.1, 0.15) is 6.07 Å². The number of rotatable bonds is 2. The molecule has 1 rings (SSSR count). The average Bonchev–Trinajstić information content (AvgIpc) is 2.17. The Bertz CT molecular complexity index is 424. The van der Waals surface area contributed by atoms with E-state index in [0.29, 0.717) is 5.56 Å². The summed E-state index contributed by atoms with van der Waals surface area (Å²) in [7, 11) is 0. The Labute approximate surface area is 85.5 Å². The summed E-state index contributed by atoms with van der Waals surface area (Å²) in [4.78, 5) is 10.7. The first kappa shape index (κ1) is 10.5. The van der Waals surface area contributed by atoms with Gasteiger partial charge in [-0.25, -0.2) is 4.79 Å². The number of aromatic carboxylic acids is 1. The topological polar surface area (TPSA) is 87.1 Å². The third kappa shape index (κ3) is 1.69. The molecule has 0 spiro atoms. The van der Waals surface area contributed by atoms with Crippen LogP contribution < -0.4 is 5.73 Å². The molecular formula is C9H7ClN2O2. The smallest absolute Gasteiger partial charge is 0.336 e. The predicted octanol–water partition coefficient (Wildman–Crippen LogP) is 1.37. The molecule has 0 aliphatic rings. The van der Waals surface area contributed by atoms with Crippen molar-refractivity contribution in [1.82, 2.24) is 0 Å². The van der Waals surface area contributed by atoms with Crippen molar-refractivity contribution in [2.24, 2.45) is 5.73 Å². The molecule has 0 saturated heterocycles. The molecule has 4 nitrogen and oxygen atoms in total. The van der Waals surface area contributed by atoms with Crippen molar-refractivity contribution < 1.29 is 9.90 Å². The summed E-state index contributed by atoms with van der Waals surface area (Å²) in [6.45, 7) is -0.00398. The highest BCUT2D eigenvalue weighted by Crippen LogP contribution is 2.23. The molecule has 3 N–H and O–H groups in total. The highest BCUT2D eigenvalue weighted by atomic mass is 35.5. The fourth-order valence-electron chi connectivity index (χ4n) is 1.11. The van der Waals surface area contributed by atoms with Gasteiger partial charge < -0.3 is 10.8 Å². The number of nitriles is 1. The lowest BCUT2D eigenvalue weighted by Gasteiger charge is -2.06. The minimum Gasteiger partial charge on any atom is -0.478 e. The van der Waals surface area contributed by atoms with E-state index in [4.69, 9.17) is 27.7 Å². The summed E-state index contributed by atoms with van der Waals surface area (Å²) in [6, 6.07) is 4.55. The van der Waals surface area contributed by atoms with Gasteiger partial charge in [-0.15, -0.1) is 0 Å². The van der Waals surface area contributed by atoms with Gasteiger partial charge in [0.05, 0.1) is 16.1 Å². The molecule has 0 aromatic heterocycles. The molecule has 0 radical (unpaired) electrons. The van der Waals surface area contributed by atoms with E-state index in [2.05, 4.69) is 0 Å². The number of hydrogen-bond acceptors (Lipinski definition) is 3. The molecule has 0 unspecified atom stereocenters. The van der Waals surface area contributed by atoms with Gasteiger partial charge in [-0.1, -0.05) is 11.6 Å². The number of benzene rings is 1. The van der Waals surface area contributed by atoms with Crippen LogP contribution in [0.15, 0.2) is 12.1 Å². The highest BCUT2D eigenvalue weighted by Gasteiger charge is 2.14. The lowest BCUT2D eigenvalue weighted by Crippen LogP contribution is -2.08. The molecule has 0 atom stereocenters. The molecule has 0 saturated carbocycles. The zero-order valence-electron chi connectivity index (χ0n) is 7.12. The summed E-state index contributed by atoms with van der Waals surface area (Å²) in [5, 5.41) is 17.6. The second-order valence-electron chi connectivity index (χ2n) is 2.57. The Hall–Kier alpha value is -1.57. The zero-order valence-corrected chi connectivity index (χ0v) is 7.88. The number of hydrogen-bond donors (Lipinski definition) is 2. The molecule has 5 heteroatoms. The zero-order chi connectivity index (χ0) is 10.7. The largest absolute Gasteiger partial charge is 0.478 e. The highest BCUT2D eigenvalue weighted by molar-refractivity contribution is 6.33. The van der Waals surface area contributed by atoms with Crippen LogP contribution in [0.2, 0.25) is 5.02 Å². The van der Waals surface area contributed by atoms with Gasteiger partial charge in [-0.05, 0) is 12.1 Å². The van der Waals surface area contributed by atoms with Crippen molar-refractivity contribution in [3.63, 3.8) is 0 Å². The third-order valence-corrected chi connectivity index (χ3v) is 2.23. The van der Waals surface area contributed by atoms with E-state index >= 15 is 0 Å². The Balaban J connectivity index is 3.45. The van der Waals surface area contributed by atoms with Crippen molar-refractivity contribution in [2.75, 3.05) is 0 Å². The fraction of sp³-hybridized carbons (Fsp3) is 0.111. The molecule has 14 heavy (non-hydrogen) atoms. The second-order valence-corrected chi connectivity index (χ2v) is 2.95. The van der Waals surface area contributed by atoms with E-state index in [1.54, 1.807) is 0 Å². The van der Waals surface area contributed by atoms with Crippen LogP contribution in [0.25, 0.3) is 0 Å². The maximum Gasteiger partial charge on any atom is 0.336 e. The predicted molar refractivity (Wildman–Crippen MR) is 51.0 cm³/mol. The van der Waals surface area contributed by atoms with Crippen molar-refractivity contribution in [3.05, 3.63) is 33.8 Å². The molecule has 0 aliphatic heterocycles. The molecule has 0 heterocycles. The monoisotopic (exact) mass is 210 g/mol. The summed E-state index contributed by atoms with van der Waals surface area (Å²) in [5.74, 6) is -1.10. The first-order valence-corrected chi connectivity index (χ1v) is 4.14. The number of nitrogens with zero attached hydrogens (tertiary/aromatic N) is 1. The molecular weight excluding hydrogens is 204 g/mol. The van der Waals surface area contributed by atoms with Crippen molar-refractivity contribution in [2.45, 2.75) is 6.54 Å². The Morgan fingerprint density at radius 1 is 1.64 bits per heavy atom. The van der Waals surface area contributed by atoms with Crippen LogP contribution in [-0.4, -0.2) is 11.1 Å². The van der Waals surface area contributed by atoms with E-state index < -0.39 is 5.97 Å². The quantitative estimate of drug-likeness (QED) is 0.772. The first-order valence-electron chi connectivity index (χ1n) is 3.76. The minimum atomic E-state index is -1.10. The van der Waals surface area contributed by atoms with E-state index in [0.717, 1.165) is 0 Å². The minimum absolute atomic E-state index is 0.00398. The molecule has 0 amide bonds. The van der Waals surface area contributed by atoms with Crippen LogP contribution in [0.5, 0.6) is 0 Å². The molecule has 72 valence electrons. The molecule has 0 bridgehead atoms. The van der Waals surface area contributed by atoms with Gasteiger partial charge >= 0.3 is 5.97 Å². The van der Waals surface area contributed by atoms with Crippen LogP contribution in [0.1, 0.15) is 21.5 Å². The van der Waals surface area contributed by atoms with Crippen LogP contribution in [-0.2, 0) is 6.54 Å². The number of carboxylic acid groups (broad SMARTS) is 1. The van der Waals surface area contributed by atoms with E-state index in [1.165, 1.54) is 12.1 Å². The molecule has 1 aromatic rings. The Kier molecular flexibility index (Phi) is 3.07. The van der Waals surface area contributed by atoms with Gasteiger partial charge in [0.15, 0.2) is 0 Å². The van der Waals surface area contributed by atoms with Crippen molar-refractivity contribution in [1.29, 1.82) is 5.26 Å². The van der Waals surface area contributed by atoms with Crippen molar-refractivity contribution in [3.8, 4) is 6.07 Å². The van der Waals surface area contributed by atoms with E-state index in [9.17, 15) is 4.79 Å². The summed E-state index contributed by atoms with van der Waals surface area (Å²) >= 11 is 5.79. The standard InChI is InChI=1S/C9H7ClN2O2/c10-8-5(3-11)1-2-6(9(13)14)7(8)4-12/h1-2H,4,12H2,(H,13,14). The summed E-state index contributed by atoms with van der Waals surface area (Å²) in [5.41, 5.74) is 5.92. The summed E-state index contributed by atoms with van der Waals surface area (Å²) in [6.07, 6.45) is 0. The van der Waals surface area contributed by atoms with Crippen molar-refractivity contribution >= 4 is 17.6 Å². The first-order chi connectivity index (χ1) is 6.61. The maximum absolute atomic E-state index is 10.7. The Morgan fingerprint density at radius 2 is 2.29 bits per heavy atom. The van der Waals surface area contributed by atoms with Crippen LogP contribution in [0.3, 0.4) is 0 Å². The Morgan fingerprint density at radius 3 is 2.71 bits per heavy atom. The molecule has 0 fully saturated rings. The van der Waals surface area contributed by atoms with Gasteiger partial charge in [0.2, 0.25) is 0 Å². The number of nitrogens with two attached hydrogens (primary N) is 1. The third-order valence-electron chi connectivity index (χ3n) is 1.80. The number of carboxylic acids is 1. The van der Waals surface area contributed by atoms with Gasteiger partial charge in [-0.2, -0.15) is 5.26 Å². The SMILES string of the molecule is N#Cc1ccc(C(=O)O)c(CN)c1Cl. The lowest BCUT2D eigenvalue weighted by molar-refractivity contribution is 0.0695. The van der Waals surface area contributed by atoms with E-state index in [1.807, 2.05) is 6.07 Å². The van der Waals surface area contributed by atoms with Gasteiger partial charge in [0.25, 0.3) is 0 Å². The fourth-order valence-corrected chi connectivity index (χ4v) is 1.39. The number of carbonyl (C=O) groups is 1.